The second-order valence-corrected chi connectivity index (χ2v) is 7.96. The standard InChI is InChI=1S/C26H25FN6O/c1-19-7-5-6-10-23(19)31-25(29-18-28)32-15-16-33(26(34)30-22-8-3-2-4-9-22)24(17-32)20-11-13-21(27)14-12-20/h2-14,24H,15-17H2,1H3,(H,29,31)(H,30,34). The summed E-state index contributed by atoms with van der Waals surface area (Å²) >= 11 is 0. The van der Waals surface area contributed by atoms with Crippen molar-refractivity contribution < 1.29 is 9.18 Å². The highest BCUT2D eigenvalue weighted by Gasteiger charge is 2.33. The Morgan fingerprint density at radius 2 is 1.74 bits per heavy atom. The molecule has 1 aliphatic heterocycles. The van der Waals surface area contributed by atoms with E-state index < -0.39 is 0 Å². The van der Waals surface area contributed by atoms with Crippen LogP contribution in [0.25, 0.3) is 0 Å². The minimum atomic E-state index is -0.374. The van der Waals surface area contributed by atoms with Crippen LogP contribution in [-0.2, 0) is 0 Å². The van der Waals surface area contributed by atoms with Crippen LogP contribution in [0.3, 0.4) is 0 Å². The fourth-order valence-electron chi connectivity index (χ4n) is 3.94. The number of aliphatic imine (C=N–C) groups is 1. The molecule has 1 aliphatic rings. The number of anilines is 1. The number of rotatable bonds is 3. The molecule has 1 heterocycles. The number of guanidine groups is 1. The third kappa shape index (κ3) is 5.33. The van der Waals surface area contributed by atoms with Crippen LogP contribution >= 0.6 is 0 Å². The Labute approximate surface area is 198 Å². The molecule has 1 saturated heterocycles. The average Bonchev–Trinajstić information content (AvgIpc) is 2.86. The first-order valence-corrected chi connectivity index (χ1v) is 11.0. The number of carbonyl (C=O) groups is 1. The van der Waals surface area contributed by atoms with Gasteiger partial charge in [0.1, 0.15) is 5.82 Å². The van der Waals surface area contributed by atoms with Gasteiger partial charge in [-0.05, 0) is 48.4 Å². The number of nitrogens with one attached hydrogen (secondary N) is 2. The first-order chi connectivity index (χ1) is 16.5. The Morgan fingerprint density at radius 3 is 2.44 bits per heavy atom. The predicted molar refractivity (Wildman–Crippen MR) is 130 cm³/mol. The zero-order valence-electron chi connectivity index (χ0n) is 18.8. The highest BCUT2D eigenvalue weighted by Crippen LogP contribution is 2.28. The number of hydrogen-bond donors (Lipinski definition) is 2. The molecular formula is C26H25FN6O. The van der Waals surface area contributed by atoms with Gasteiger partial charge in [0.15, 0.2) is 6.19 Å². The van der Waals surface area contributed by atoms with Gasteiger partial charge in [0.05, 0.1) is 11.7 Å². The summed E-state index contributed by atoms with van der Waals surface area (Å²) in [6.45, 7) is 3.20. The van der Waals surface area contributed by atoms with Crippen molar-refractivity contribution in [2.75, 3.05) is 25.0 Å². The maximum absolute atomic E-state index is 13.6. The van der Waals surface area contributed by atoms with E-state index in [1.807, 2.05) is 72.6 Å². The number of halogens is 1. The molecule has 3 aromatic carbocycles. The minimum absolute atomic E-state index is 0.245. The van der Waals surface area contributed by atoms with Crippen LogP contribution in [0.1, 0.15) is 17.2 Å². The summed E-state index contributed by atoms with van der Waals surface area (Å²) in [5.41, 5.74) is 3.22. The highest BCUT2D eigenvalue weighted by molar-refractivity contribution is 5.90. The number of nitriles is 1. The lowest BCUT2D eigenvalue weighted by atomic mass is 10.0. The molecule has 2 amide bonds. The lowest BCUT2D eigenvalue weighted by Crippen LogP contribution is -2.55. The molecule has 0 spiro atoms. The molecule has 0 saturated carbocycles. The van der Waals surface area contributed by atoms with Gasteiger partial charge in [-0.3, -0.25) is 5.32 Å². The van der Waals surface area contributed by atoms with Crippen LogP contribution in [0.4, 0.5) is 20.6 Å². The molecule has 0 radical (unpaired) electrons. The maximum Gasteiger partial charge on any atom is 0.322 e. The molecule has 1 atom stereocenters. The number of aryl methyl sites for hydroxylation is 1. The fraction of sp³-hybridized carbons (Fsp3) is 0.192. The Hall–Kier alpha value is -4.38. The topological polar surface area (TPSA) is 83.8 Å². The minimum Gasteiger partial charge on any atom is -0.338 e. The van der Waals surface area contributed by atoms with Gasteiger partial charge in [0, 0.05) is 25.3 Å². The predicted octanol–water partition coefficient (Wildman–Crippen LogP) is 4.78. The summed E-state index contributed by atoms with van der Waals surface area (Å²) in [5.74, 6) is 0.0664. The number of nitrogens with zero attached hydrogens (tertiary/aromatic N) is 4. The first kappa shape index (κ1) is 22.8. The van der Waals surface area contributed by atoms with Gasteiger partial charge in [-0.2, -0.15) is 5.26 Å². The molecule has 0 aromatic heterocycles. The number of para-hydroxylation sites is 2. The Kier molecular flexibility index (Phi) is 7.04. The lowest BCUT2D eigenvalue weighted by molar-refractivity contribution is 0.135. The molecule has 4 rings (SSSR count). The van der Waals surface area contributed by atoms with E-state index in [-0.39, 0.29) is 17.9 Å². The monoisotopic (exact) mass is 456 g/mol. The van der Waals surface area contributed by atoms with Crippen LogP contribution in [0.2, 0.25) is 0 Å². The van der Waals surface area contributed by atoms with Crippen molar-refractivity contribution in [2.45, 2.75) is 13.0 Å². The van der Waals surface area contributed by atoms with Gasteiger partial charge in [0.25, 0.3) is 0 Å². The summed E-state index contributed by atoms with van der Waals surface area (Å²) in [5, 5.41) is 15.0. The molecular weight excluding hydrogens is 431 g/mol. The van der Waals surface area contributed by atoms with Crippen molar-refractivity contribution in [3.05, 3.63) is 95.8 Å². The maximum atomic E-state index is 13.6. The van der Waals surface area contributed by atoms with E-state index in [0.29, 0.717) is 31.3 Å². The number of benzene rings is 3. The summed E-state index contributed by atoms with van der Waals surface area (Å²) in [4.78, 5) is 21.5. The third-order valence-electron chi connectivity index (χ3n) is 5.73. The summed E-state index contributed by atoms with van der Waals surface area (Å²) in [6.07, 6.45) is 1.97. The third-order valence-corrected chi connectivity index (χ3v) is 5.73. The van der Waals surface area contributed by atoms with Gasteiger partial charge < -0.3 is 15.1 Å². The van der Waals surface area contributed by atoms with E-state index in [2.05, 4.69) is 15.6 Å². The zero-order valence-corrected chi connectivity index (χ0v) is 18.8. The van der Waals surface area contributed by atoms with Crippen molar-refractivity contribution in [3.63, 3.8) is 0 Å². The van der Waals surface area contributed by atoms with Crippen molar-refractivity contribution in [1.29, 1.82) is 5.26 Å². The number of hydrogen-bond acceptors (Lipinski definition) is 3. The molecule has 0 bridgehead atoms. The Bertz CT molecular complexity index is 1210. The number of urea groups is 1. The molecule has 172 valence electrons. The van der Waals surface area contributed by atoms with Crippen LogP contribution in [0.5, 0.6) is 0 Å². The van der Waals surface area contributed by atoms with Crippen LogP contribution in [0, 0.1) is 24.2 Å². The van der Waals surface area contributed by atoms with Crippen molar-refractivity contribution >= 4 is 23.4 Å². The van der Waals surface area contributed by atoms with E-state index in [1.165, 1.54) is 12.1 Å². The summed E-state index contributed by atoms with van der Waals surface area (Å²) in [6, 6.07) is 22.4. The quantitative estimate of drug-likeness (QED) is 0.257. The van der Waals surface area contributed by atoms with Gasteiger partial charge >= 0.3 is 6.03 Å². The number of amides is 2. The molecule has 2 N–H and O–H groups in total. The number of piperazine rings is 1. The average molecular weight is 457 g/mol. The smallest absolute Gasteiger partial charge is 0.322 e. The molecule has 1 unspecified atom stereocenters. The number of carbonyl (C=O) groups excluding carboxylic acids is 1. The van der Waals surface area contributed by atoms with E-state index >= 15 is 0 Å². The first-order valence-electron chi connectivity index (χ1n) is 11.0. The highest BCUT2D eigenvalue weighted by atomic mass is 19.1. The van der Waals surface area contributed by atoms with E-state index in [1.54, 1.807) is 17.0 Å². The zero-order chi connectivity index (χ0) is 23.9. The second kappa shape index (κ2) is 10.5. The Balaban J connectivity index is 1.63. The SMILES string of the molecule is Cc1ccccc1N=C(NC#N)N1CCN(C(=O)Nc2ccccc2)C(c2ccc(F)cc2)C1. The van der Waals surface area contributed by atoms with Crippen molar-refractivity contribution in [3.8, 4) is 6.19 Å². The molecule has 3 aromatic rings. The molecule has 0 aliphatic carbocycles. The van der Waals surface area contributed by atoms with Gasteiger partial charge in [-0.1, -0.05) is 48.5 Å². The van der Waals surface area contributed by atoms with Gasteiger partial charge in [-0.25, -0.2) is 14.2 Å². The Morgan fingerprint density at radius 1 is 1.03 bits per heavy atom. The molecule has 34 heavy (non-hydrogen) atoms. The molecule has 7 nitrogen and oxygen atoms in total. The van der Waals surface area contributed by atoms with Crippen molar-refractivity contribution in [2.24, 2.45) is 4.99 Å². The van der Waals surface area contributed by atoms with E-state index in [4.69, 9.17) is 0 Å². The molecule has 8 heteroatoms. The summed E-state index contributed by atoms with van der Waals surface area (Å²) < 4.78 is 13.6. The lowest BCUT2D eigenvalue weighted by Gasteiger charge is -2.42. The second-order valence-electron chi connectivity index (χ2n) is 7.96. The van der Waals surface area contributed by atoms with E-state index in [0.717, 1.165) is 16.8 Å². The fourth-order valence-corrected chi connectivity index (χ4v) is 3.94. The van der Waals surface area contributed by atoms with Crippen LogP contribution < -0.4 is 10.6 Å². The summed E-state index contributed by atoms with van der Waals surface area (Å²) in [7, 11) is 0. The van der Waals surface area contributed by atoms with Crippen LogP contribution in [0.15, 0.2) is 83.9 Å². The van der Waals surface area contributed by atoms with Crippen LogP contribution in [-0.4, -0.2) is 41.4 Å². The largest absolute Gasteiger partial charge is 0.338 e. The van der Waals surface area contributed by atoms with Gasteiger partial charge in [-0.15, -0.1) is 0 Å². The van der Waals surface area contributed by atoms with Crippen molar-refractivity contribution in [1.82, 2.24) is 15.1 Å². The van der Waals surface area contributed by atoms with Gasteiger partial charge in [0.2, 0.25) is 5.96 Å². The normalized spacial score (nSPS) is 16.0. The van der Waals surface area contributed by atoms with E-state index in [9.17, 15) is 14.4 Å². The molecule has 1 fully saturated rings.